The average molecular weight is 522 g/mol. The molecule has 3 heterocycles. The summed E-state index contributed by atoms with van der Waals surface area (Å²) in [5, 5.41) is 11.3. The number of rotatable bonds is 3. The van der Waals surface area contributed by atoms with Gasteiger partial charge in [-0.25, -0.2) is 9.78 Å². The molecule has 10 heteroatoms. The first-order valence-corrected chi connectivity index (χ1v) is 12.4. The molecule has 0 saturated carbocycles. The molecule has 188 valence electrons. The Morgan fingerprint density at radius 1 is 1.14 bits per heavy atom. The molecule has 0 bridgehead atoms. The molecule has 1 fully saturated rings. The van der Waals surface area contributed by atoms with Crippen molar-refractivity contribution in [2.45, 2.75) is 25.1 Å². The highest BCUT2D eigenvalue weighted by Crippen LogP contribution is 2.38. The van der Waals surface area contributed by atoms with Gasteiger partial charge in [0.05, 0.1) is 21.9 Å². The number of hydrogen-bond donors (Lipinski definition) is 4. The maximum atomic E-state index is 12.9. The molecule has 2 aromatic heterocycles. The van der Waals surface area contributed by atoms with Gasteiger partial charge in [-0.3, -0.25) is 0 Å². The summed E-state index contributed by atoms with van der Waals surface area (Å²) < 4.78 is 39.7. The van der Waals surface area contributed by atoms with Crippen molar-refractivity contribution in [3.8, 4) is 23.0 Å². The standard InChI is InChI=1S/C27H22F3N5OS/c28-27(29,30)18-3-1-4-21(13-18)35-26(36)34-20-10-6-16(7-11-20)22-15-37-24-17(14-33-25(31)23(22)24)8-9-19-5-2-12-32-19/h1,3-4,6-7,10-11,13-15,19,32H,2,5,12H2,(H2,31,33)(H2,34,35,36). The quantitative estimate of drug-likeness (QED) is 0.238. The zero-order chi connectivity index (χ0) is 26.0. The van der Waals surface area contributed by atoms with Crippen LogP contribution in [0, 0.1) is 11.8 Å². The number of thiophene rings is 1. The minimum absolute atomic E-state index is 0.0410. The maximum Gasteiger partial charge on any atom is 0.416 e. The van der Waals surface area contributed by atoms with E-state index in [2.05, 4.69) is 32.8 Å². The number of alkyl halides is 3. The van der Waals surface area contributed by atoms with E-state index in [4.69, 9.17) is 5.73 Å². The van der Waals surface area contributed by atoms with Crippen LogP contribution in [0.2, 0.25) is 0 Å². The fourth-order valence-corrected chi connectivity index (χ4v) is 5.19. The lowest BCUT2D eigenvalue weighted by Crippen LogP contribution is -2.19. The molecule has 5 rings (SSSR count). The van der Waals surface area contributed by atoms with Crippen LogP contribution in [0.3, 0.4) is 0 Å². The normalized spacial score (nSPS) is 15.3. The highest BCUT2D eigenvalue weighted by atomic mass is 32.1. The number of nitrogens with two attached hydrogens (primary N) is 1. The molecular formula is C27H22F3N5OS. The summed E-state index contributed by atoms with van der Waals surface area (Å²) >= 11 is 1.55. The van der Waals surface area contributed by atoms with Crippen LogP contribution in [-0.2, 0) is 6.18 Å². The minimum Gasteiger partial charge on any atom is -0.383 e. The Morgan fingerprint density at radius 3 is 2.65 bits per heavy atom. The summed E-state index contributed by atoms with van der Waals surface area (Å²) in [4.78, 5) is 16.7. The number of anilines is 3. The first kappa shape index (κ1) is 24.6. The second-order valence-electron chi connectivity index (χ2n) is 8.56. The van der Waals surface area contributed by atoms with Crippen molar-refractivity contribution in [1.29, 1.82) is 0 Å². The van der Waals surface area contributed by atoms with Gasteiger partial charge < -0.3 is 21.7 Å². The summed E-state index contributed by atoms with van der Waals surface area (Å²) in [5.41, 5.74) is 8.54. The van der Waals surface area contributed by atoms with Gasteiger partial charge in [-0.15, -0.1) is 11.3 Å². The van der Waals surface area contributed by atoms with Crippen molar-refractivity contribution in [1.82, 2.24) is 10.3 Å². The summed E-state index contributed by atoms with van der Waals surface area (Å²) in [6.07, 6.45) is -0.632. The predicted octanol–water partition coefficient (Wildman–Crippen LogP) is 6.31. The van der Waals surface area contributed by atoms with Crippen LogP contribution in [-0.4, -0.2) is 23.6 Å². The third-order valence-electron chi connectivity index (χ3n) is 5.97. The van der Waals surface area contributed by atoms with Crippen LogP contribution in [0.1, 0.15) is 24.0 Å². The van der Waals surface area contributed by atoms with Crippen molar-refractivity contribution in [2.24, 2.45) is 0 Å². The zero-order valence-electron chi connectivity index (χ0n) is 19.4. The van der Waals surface area contributed by atoms with Gasteiger partial charge in [0.15, 0.2) is 0 Å². The molecular weight excluding hydrogens is 499 g/mol. The molecule has 2 amide bonds. The van der Waals surface area contributed by atoms with Gasteiger partial charge in [0, 0.05) is 28.5 Å². The van der Waals surface area contributed by atoms with Crippen LogP contribution < -0.4 is 21.7 Å². The number of nitrogens with zero attached hydrogens (tertiary/aromatic N) is 1. The van der Waals surface area contributed by atoms with Gasteiger partial charge in [0.25, 0.3) is 0 Å². The summed E-state index contributed by atoms with van der Waals surface area (Å²) in [6, 6.07) is 11.1. The zero-order valence-corrected chi connectivity index (χ0v) is 20.3. The molecule has 5 N–H and O–H groups in total. The lowest BCUT2D eigenvalue weighted by Gasteiger charge is -2.11. The molecule has 2 aromatic carbocycles. The Kier molecular flexibility index (Phi) is 6.74. The van der Waals surface area contributed by atoms with E-state index < -0.39 is 17.8 Å². The summed E-state index contributed by atoms with van der Waals surface area (Å²) in [7, 11) is 0. The molecule has 1 aliphatic heterocycles. The van der Waals surface area contributed by atoms with Crippen LogP contribution >= 0.6 is 11.3 Å². The monoisotopic (exact) mass is 521 g/mol. The largest absolute Gasteiger partial charge is 0.416 e. The smallest absolute Gasteiger partial charge is 0.383 e. The predicted molar refractivity (Wildman–Crippen MR) is 141 cm³/mol. The van der Waals surface area contributed by atoms with E-state index in [0.29, 0.717) is 11.5 Å². The Labute approximate surface area is 215 Å². The van der Waals surface area contributed by atoms with Crippen molar-refractivity contribution in [3.05, 3.63) is 71.2 Å². The first-order chi connectivity index (χ1) is 17.8. The van der Waals surface area contributed by atoms with Gasteiger partial charge >= 0.3 is 12.2 Å². The topological polar surface area (TPSA) is 92.1 Å². The van der Waals surface area contributed by atoms with E-state index in [1.165, 1.54) is 12.1 Å². The number of amides is 2. The van der Waals surface area contributed by atoms with Crippen LogP contribution in [0.4, 0.5) is 35.2 Å². The van der Waals surface area contributed by atoms with Crippen molar-refractivity contribution in [2.75, 3.05) is 22.9 Å². The molecule has 0 aliphatic carbocycles. The van der Waals surface area contributed by atoms with Crippen LogP contribution in [0.15, 0.2) is 60.1 Å². The van der Waals surface area contributed by atoms with E-state index in [1.54, 1.807) is 29.7 Å². The number of benzene rings is 2. The van der Waals surface area contributed by atoms with E-state index in [1.807, 2.05) is 17.5 Å². The van der Waals surface area contributed by atoms with Gasteiger partial charge in [0.2, 0.25) is 0 Å². The van der Waals surface area contributed by atoms with E-state index in [0.717, 1.165) is 58.3 Å². The van der Waals surface area contributed by atoms with Crippen LogP contribution in [0.5, 0.6) is 0 Å². The van der Waals surface area contributed by atoms with E-state index in [-0.39, 0.29) is 11.7 Å². The SMILES string of the molecule is Nc1ncc(C#CC2CCCN2)c2scc(-c3ccc(NC(=O)Nc4cccc(C(F)(F)F)c4)cc3)c12. The lowest BCUT2D eigenvalue weighted by atomic mass is 10.0. The van der Waals surface area contributed by atoms with Gasteiger partial charge in [-0.1, -0.05) is 30.0 Å². The number of fused-ring (bicyclic) bond motifs is 1. The molecule has 0 spiro atoms. The number of halogens is 3. The molecule has 1 saturated heterocycles. The number of urea groups is 1. The molecule has 1 aliphatic rings. The Morgan fingerprint density at radius 2 is 1.92 bits per heavy atom. The molecule has 1 unspecified atom stereocenters. The summed E-state index contributed by atoms with van der Waals surface area (Å²) in [5.74, 6) is 6.94. The lowest BCUT2D eigenvalue weighted by molar-refractivity contribution is -0.137. The molecule has 4 aromatic rings. The molecule has 37 heavy (non-hydrogen) atoms. The second kappa shape index (κ2) is 10.1. The number of pyridine rings is 1. The minimum atomic E-state index is -4.49. The molecule has 1 atom stereocenters. The fourth-order valence-electron chi connectivity index (χ4n) is 4.14. The number of carbonyl (C=O) groups excluding carboxylic acids is 1. The number of carbonyl (C=O) groups is 1. The van der Waals surface area contributed by atoms with Crippen molar-refractivity contribution in [3.63, 3.8) is 0 Å². The highest BCUT2D eigenvalue weighted by Gasteiger charge is 2.30. The number of nitrogen functional groups attached to an aromatic ring is 1. The van der Waals surface area contributed by atoms with Crippen molar-refractivity contribution >= 4 is 44.6 Å². The molecule has 0 radical (unpaired) electrons. The number of hydrogen-bond acceptors (Lipinski definition) is 5. The van der Waals surface area contributed by atoms with Gasteiger partial charge in [0.1, 0.15) is 5.82 Å². The maximum absolute atomic E-state index is 12.9. The third kappa shape index (κ3) is 5.53. The highest BCUT2D eigenvalue weighted by molar-refractivity contribution is 7.18. The van der Waals surface area contributed by atoms with Gasteiger partial charge in [-0.05, 0) is 60.7 Å². The van der Waals surface area contributed by atoms with Crippen molar-refractivity contribution < 1.29 is 18.0 Å². The number of nitrogens with one attached hydrogen (secondary N) is 3. The fraction of sp³-hybridized carbons (Fsp3) is 0.185. The second-order valence-corrected chi connectivity index (χ2v) is 9.44. The van der Waals surface area contributed by atoms with E-state index >= 15 is 0 Å². The van der Waals surface area contributed by atoms with E-state index in [9.17, 15) is 18.0 Å². The Hall–Kier alpha value is -4.07. The van der Waals surface area contributed by atoms with Gasteiger partial charge in [-0.2, -0.15) is 13.2 Å². The number of aromatic nitrogens is 1. The third-order valence-corrected chi connectivity index (χ3v) is 6.98. The summed E-state index contributed by atoms with van der Waals surface area (Å²) in [6.45, 7) is 0.982. The van der Waals surface area contributed by atoms with Crippen LogP contribution in [0.25, 0.3) is 21.2 Å². The average Bonchev–Trinajstić information content (AvgIpc) is 3.55. The first-order valence-electron chi connectivity index (χ1n) is 11.5. The molecule has 6 nitrogen and oxygen atoms in total. The Bertz CT molecular complexity index is 1510. The Balaban J connectivity index is 1.32.